The summed E-state index contributed by atoms with van der Waals surface area (Å²) in [5.41, 5.74) is -0.638. The number of nitrogens with zero attached hydrogens (tertiary/aromatic N) is 3. The van der Waals surface area contributed by atoms with Gasteiger partial charge in [-0.1, -0.05) is 0 Å². The molecular formula is C13H17N5O7. The Balaban J connectivity index is 2.01. The van der Waals surface area contributed by atoms with Crippen molar-refractivity contribution in [3.05, 3.63) is 16.7 Å². The molecule has 3 rings (SSSR count). The van der Waals surface area contributed by atoms with Crippen LogP contribution in [0.3, 0.4) is 0 Å². The molecule has 0 aliphatic carbocycles. The van der Waals surface area contributed by atoms with E-state index in [9.17, 15) is 19.8 Å². The zero-order valence-corrected chi connectivity index (χ0v) is 13.0. The van der Waals surface area contributed by atoms with Crippen LogP contribution in [-0.2, 0) is 9.53 Å². The molecule has 3 heterocycles. The lowest BCUT2D eigenvalue weighted by Gasteiger charge is -2.17. The SMILES string of the molecule is CC(Nc1nc2c(ncn2C2OC(CO)C(O)C2O)c(=O)[nH]1)C(=O)O. The van der Waals surface area contributed by atoms with E-state index < -0.39 is 48.7 Å². The molecule has 2 aromatic heterocycles. The molecule has 0 amide bonds. The highest BCUT2D eigenvalue weighted by Crippen LogP contribution is 2.30. The van der Waals surface area contributed by atoms with Gasteiger partial charge in [-0.2, -0.15) is 4.98 Å². The zero-order valence-electron chi connectivity index (χ0n) is 13.0. The van der Waals surface area contributed by atoms with Gasteiger partial charge in [0, 0.05) is 0 Å². The number of carboxylic acid groups (broad SMARTS) is 1. The van der Waals surface area contributed by atoms with E-state index in [0.29, 0.717) is 0 Å². The topological polar surface area (TPSA) is 183 Å². The molecule has 1 aliphatic heterocycles. The minimum atomic E-state index is -1.37. The van der Waals surface area contributed by atoms with E-state index in [2.05, 4.69) is 20.3 Å². The summed E-state index contributed by atoms with van der Waals surface area (Å²) in [7, 11) is 0. The molecule has 0 aromatic carbocycles. The van der Waals surface area contributed by atoms with Gasteiger partial charge in [-0.3, -0.25) is 19.1 Å². The molecule has 5 unspecified atom stereocenters. The lowest BCUT2D eigenvalue weighted by atomic mass is 10.1. The van der Waals surface area contributed by atoms with E-state index in [1.807, 2.05) is 0 Å². The summed E-state index contributed by atoms with van der Waals surface area (Å²) in [5, 5.41) is 40.6. The van der Waals surface area contributed by atoms with Gasteiger partial charge < -0.3 is 30.5 Å². The second-order valence-electron chi connectivity index (χ2n) is 5.67. The Hall–Kier alpha value is -2.54. The minimum absolute atomic E-state index is 0.0266. The van der Waals surface area contributed by atoms with Crippen LogP contribution in [0.25, 0.3) is 11.2 Å². The number of aromatic amines is 1. The first-order valence-corrected chi connectivity index (χ1v) is 7.42. The first-order valence-electron chi connectivity index (χ1n) is 7.42. The van der Waals surface area contributed by atoms with Crippen molar-refractivity contribution in [1.29, 1.82) is 0 Å². The molecule has 136 valence electrons. The summed E-state index contributed by atoms with van der Waals surface area (Å²) in [4.78, 5) is 33.4. The van der Waals surface area contributed by atoms with Crippen molar-refractivity contribution in [3.63, 3.8) is 0 Å². The van der Waals surface area contributed by atoms with Crippen LogP contribution in [-0.4, -0.2) is 76.9 Å². The largest absolute Gasteiger partial charge is 0.480 e. The zero-order chi connectivity index (χ0) is 18.3. The standard InChI is InChI=1S/C13H17N5O7/c1-4(12(23)24)15-13-16-9-6(10(22)17-13)14-3-18(9)11-8(21)7(20)5(2-19)25-11/h3-5,7-8,11,19-21H,2H2,1H3,(H,23,24)(H2,15,16,17,22). The number of fused-ring (bicyclic) bond motifs is 1. The Morgan fingerprint density at radius 2 is 2.20 bits per heavy atom. The second-order valence-corrected chi connectivity index (χ2v) is 5.67. The number of aromatic nitrogens is 4. The van der Waals surface area contributed by atoms with Crippen LogP contribution in [0.1, 0.15) is 13.2 Å². The molecule has 1 fully saturated rings. The normalized spacial score (nSPS) is 27.5. The quantitative estimate of drug-likeness (QED) is 0.338. The van der Waals surface area contributed by atoms with Crippen molar-refractivity contribution in [3.8, 4) is 0 Å². The van der Waals surface area contributed by atoms with Crippen molar-refractivity contribution >= 4 is 23.1 Å². The predicted octanol–water partition coefficient (Wildman–Crippen LogP) is -2.38. The average Bonchev–Trinajstić information content (AvgIpc) is 3.10. The van der Waals surface area contributed by atoms with E-state index in [-0.39, 0.29) is 17.1 Å². The molecular weight excluding hydrogens is 338 g/mol. The van der Waals surface area contributed by atoms with Gasteiger partial charge in [0.15, 0.2) is 17.4 Å². The van der Waals surface area contributed by atoms with E-state index in [1.165, 1.54) is 17.8 Å². The molecule has 12 nitrogen and oxygen atoms in total. The summed E-state index contributed by atoms with van der Waals surface area (Å²) >= 11 is 0. The number of hydrogen-bond acceptors (Lipinski definition) is 9. The van der Waals surface area contributed by atoms with Crippen molar-refractivity contribution in [1.82, 2.24) is 19.5 Å². The molecule has 12 heteroatoms. The Morgan fingerprint density at radius 3 is 2.80 bits per heavy atom. The number of carboxylic acids is 1. The number of aliphatic hydroxyl groups is 3. The van der Waals surface area contributed by atoms with Crippen molar-refractivity contribution in [2.45, 2.75) is 37.5 Å². The number of rotatable bonds is 5. The molecule has 0 bridgehead atoms. The summed E-state index contributed by atoms with van der Waals surface area (Å²) < 4.78 is 6.63. The van der Waals surface area contributed by atoms with E-state index >= 15 is 0 Å². The molecule has 0 radical (unpaired) electrons. The van der Waals surface area contributed by atoms with Gasteiger partial charge >= 0.3 is 5.97 Å². The van der Waals surface area contributed by atoms with Gasteiger partial charge in [0.1, 0.15) is 24.4 Å². The van der Waals surface area contributed by atoms with Crippen molar-refractivity contribution in [2.24, 2.45) is 0 Å². The molecule has 2 aromatic rings. The van der Waals surface area contributed by atoms with Crippen molar-refractivity contribution < 1.29 is 30.0 Å². The van der Waals surface area contributed by atoms with Crippen LogP contribution in [0.4, 0.5) is 5.95 Å². The Bertz CT molecular complexity index is 849. The highest BCUT2D eigenvalue weighted by atomic mass is 16.6. The fraction of sp³-hybridized carbons (Fsp3) is 0.538. The Kier molecular flexibility index (Phi) is 4.43. The third-order valence-electron chi connectivity index (χ3n) is 3.95. The number of anilines is 1. The fourth-order valence-corrected chi connectivity index (χ4v) is 2.56. The first-order chi connectivity index (χ1) is 11.8. The fourth-order valence-electron chi connectivity index (χ4n) is 2.56. The van der Waals surface area contributed by atoms with Gasteiger partial charge in [0.25, 0.3) is 5.56 Å². The molecule has 0 spiro atoms. The second kappa shape index (κ2) is 6.40. The maximum absolute atomic E-state index is 12.1. The van der Waals surface area contributed by atoms with E-state index in [4.69, 9.17) is 14.9 Å². The van der Waals surface area contributed by atoms with Crippen LogP contribution in [0, 0.1) is 0 Å². The van der Waals surface area contributed by atoms with E-state index in [1.54, 1.807) is 0 Å². The van der Waals surface area contributed by atoms with Gasteiger partial charge in [0.2, 0.25) is 5.95 Å². The molecule has 25 heavy (non-hydrogen) atoms. The summed E-state index contributed by atoms with van der Waals surface area (Å²) in [5.74, 6) is -1.24. The third-order valence-corrected chi connectivity index (χ3v) is 3.95. The monoisotopic (exact) mass is 355 g/mol. The van der Waals surface area contributed by atoms with Crippen LogP contribution < -0.4 is 10.9 Å². The molecule has 0 saturated carbocycles. The number of aliphatic hydroxyl groups excluding tert-OH is 3. The number of aliphatic carboxylic acids is 1. The summed E-state index contributed by atoms with van der Waals surface area (Å²) in [6.07, 6.45) is -3.60. The minimum Gasteiger partial charge on any atom is -0.480 e. The van der Waals surface area contributed by atoms with Gasteiger partial charge in [0.05, 0.1) is 12.9 Å². The lowest BCUT2D eigenvalue weighted by Crippen LogP contribution is -2.33. The van der Waals surface area contributed by atoms with Crippen molar-refractivity contribution in [2.75, 3.05) is 11.9 Å². The van der Waals surface area contributed by atoms with Gasteiger partial charge in [-0.15, -0.1) is 0 Å². The predicted molar refractivity (Wildman–Crippen MR) is 81.9 cm³/mol. The Morgan fingerprint density at radius 1 is 1.48 bits per heavy atom. The number of hydrogen-bond donors (Lipinski definition) is 6. The maximum Gasteiger partial charge on any atom is 0.325 e. The molecule has 6 N–H and O–H groups in total. The highest BCUT2D eigenvalue weighted by molar-refractivity contribution is 5.77. The number of ether oxygens (including phenoxy) is 1. The molecule has 5 atom stereocenters. The number of carbonyl (C=O) groups is 1. The molecule has 1 saturated heterocycles. The van der Waals surface area contributed by atoms with Crippen LogP contribution in [0.5, 0.6) is 0 Å². The summed E-state index contributed by atoms with van der Waals surface area (Å²) in [6, 6.07) is -1.01. The summed E-state index contributed by atoms with van der Waals surface area (Å²) in [6.45, 7) is 0.869. The third kappa shape index (κ3) is 2.95. The molecule has 1 aliphatic rings. The van der Waals surface area contributed by atoms with E-state index in [0.717, 1.165) is 0 Å². The van der Waals surface area contributed by atoms with Gasteiger partial charge in [-0.05, 0) is 6.92 Å². The van der Waals surface area contributed by atoms with Crippen LogP contribution in [0.15, 0.2) is 11.1 Å². The maximum atomic E-state index is 12.1. The highest BCUT2D eigenvalue weighted by Gasteiger charge is 2.44. The van der Waals surface area contributed by atoms with Crippen LogP contribution >= 0.6 is 0 Å². The van der Waals surface area contributed by atoms with Crippen LogP contribution in [0.2, 0.25) is 0 Å². The average molecular weight is 355 g/mol. The Labute approximate surface area is 139 Å². The van der Waals surface area contributed by atoms with Gasteiger partial charge in [-0.25, -0.2) is 4.98 Å². The smallest absolute Gasteiger partial charge is 0.325 e. The lowest BCUT2D eigenvalue weighted by molar-refractivity contribution is -0.137. The number of nitrogens with one attached hydrogen (secondary N) is 2. The number of imidazole rings is 1. The first kappa shape index (κ1) is 17.3. The number of H-pyrrole nitrogens is 1.